The first-order valence-electron chi connectivity index (χ1n) is 4.94. The molecule has 2 atom stereocenters. The molecule has 0 unspecified atom stereocenters. The Morgan fingerprint density at radius 1 is 1.31 bits per heavy atom. The highest BCUT2D eigenvalue weighted by Crippen LogP contribution is 2.16. The highest BCUT2D eigenvalue weighted by Gasteiger charge is 2.30. The summed E-state index contributed by atoms with van der Waals surface area (Å²) in [6, 6.07) is 0.442. The number of nitrogens with zero attached hydrogens (tertiary/aromatic N) is 1. The van der Waals surface area contributed by atoms with Gasteiger partial charge in [-0.3, -0.25) is 4.79 Å². The Labute approximate surface area is 80.1 Å². The van der Waals surface area contributed by atoms with Gasteiger partial charge < -0.3 is 9.64 Å². The average Bonchev–Trinajstić information content (AvgIpc) is 2.03. The van der Waals surface area contributed by atoms with Crippen LogP contribution in [0.5, 0.6) is 0 Å². The molecule has 3 heteroatoms. The standard InChI is InChI=1S/C10H19NO2/c1-7(2)10(12)11-8(3)5-13-6-9(11)4/h7-9H,5-6H2,1-4H3/t8-,9-/m1/s1. The fourth-order valence-corrected chi connectivity index (χ4v) is 1.74. The summed E-state index contributed by atoms with van der Waals surface area (Å²) in [5, 5.41) is 0. The van der Waals surface area contributed by atoms with Gasteiger partial charge >= 0.3 is 0 Å². The summed E-state index contributed by atoms with van der Waals surface area (Å²) < 4.78 is 5.36. The van der Waals surface area contributed by atoms with Gasteiger partial charge in [-0.05, 0) is 13.8 Å². The van der Waals surface area contributed by atoms with Crippen molar-refractivity contribution in [1.82, 2.24) is 4.90 Å². The predicted octanol–water partition coefficient (Wildman–Crippen LogP) is 1.28. The normalized spacial score (nSPS) is 29.5. The lowest BCUT2D eigenvalue weighted by molar-refractivity contribution is -0.147. The van der Waals surface area contributed by atoms with E-state index in [2.05, 4.69) is 0 Å². The van der Waals surface area contributed by atoms with Crippen molar-refractivity contribution in [2.75, 3.05) is 13.2 Å². The van der Waals surface area contributed by atoms with Crippen LogP contribution in [0.15, 0.2) is 0 Å². The van der Waals surface area contributed by atoms with Gasteiger partial charge in [0.1, 0.15) is 0 Å². The molecule has 0 aliphatic carbocycles. The molecule has 1 aliphatic heterocycles. The van der Waals surface area contributed by atoms with E-state index in [0.29, 0.717) is 13.2 Å². The summed E-state index contributed by atoms with van der Waals surface area (Å²) >= 11 is 0. The third-order valence-electron chi connectivity index (χ3n) is 2.42. The minimum atomic E-state index is 0.0861. The molecule has 1 aliphatic rings. The number of amides is 1. The first kappa shape index (κ1) is 10.5. The van der Waals surface area contributed by atoms with E-state index >= 15 is 0 Å². The number of carbonyl (C=O) groups is 1. The zero-order valence-electron chi connectivity index (χ0n) is 8.91. The molecule has 0 bridgehead atoms. The van der Waals surface area contributed by atoms with Crippen LogP contribution in [-0.2, 0) is 9.53 Å². The number of carbonyl (C=O) groups excluding carboxylic acids is 1. The van der Waals surface area contributed by atoms with Crippen LogP contribution in [0.2, 0.25) is 0 Å². The monoisotopic (exact) mass is 185 g/mol. The molecule has 0 radical (unpaired) electrons. The average molecular weight is 185 g/mol. The van der Waals surface area contributed by atoms with Crippen molar-refractivity contribution in [2.24, 2.45) is 5.92 Å². The van der Waals surface area contributed by atoms with E-state index in [1.54, 1.807) is 0 Å². The third kappa shape index (κ3) is 2.21. The maximum Gasteiger partial charge on any atom is 0.225 e. The summed E-state index contributed by atoms with van der Waals surface area (Å²) in [5.74, 6) is 0.325. The molecule has 13 heavy (non-hydrogen) atoms. The van der Waals surface area contributed by atoms with Gasteiger partial charge in [0.2, 0.25) is 5.91 Å². The van der Waals surface area contributed by atoms with Crippen LogP contribution < -0.4 is 0 Å². The Morgan fingerprint density at radius 3 is 2.15 bits per heavy atom. The number of morpholine rings is 1. The van der Waals surface area contributed by atoms with E-state index in [1.807, 2.05) is 32.6 Å². The van der Waals surface area contributed by atoms with Crippen molar-refractivity contribution in [3.05, 3.63) is 0 Å². The zero-order valence-corrected chi connectivity index (χ0v) is 8.91. The summed E-state index contributed by atoms with van der Waals surface area (Å²) in [6.07, 6.45) is 0. The van der Waals surface area contributed by atoms with Crippen LogP contribution in [0.4, 0.5) is 0 Å². The molecule has 0 saturated carbocycles. The lowest BCUT2D eigenvalue weighted by atomic mass is 10.1. The number of rotatable bonds is 1. The molecule has 0 aromatic rings. The SMILES string of the molecule is CC(C)C(=O)N1[C@H](C)COC[C@H]1C. The van der Waals surface area contributed by atoms with Crippen LogP contribution >= 0.6 is 0 Å². The van der Waals surface area contributed by atoms with E-state index in [9.17, 15) is 4.79 Å². The van der Waals surface area contributed by atoms with Crippen LogP contribution in [0.3, 0.4) is 0 Å². The Morgan fingerprint density at radius 2 is 1.77 bits per heavy atom. The summed E-state index contributed by atoms with van der Waals surface area (Å²) in [7, 11) is 0. The van der Waals surface area contributed by atoms with E-state index in [0.717, 1.165) is 0 Å². The highest BCUT2D eigenvalue weighted by atomic mass is 16.5. The van der Waals surface area contributed by atoms with Crippen molar-refractivity contribution >= 4 is 5.91 Å². The van der Waals surface area contributed by atoms with Crippen LogP contribution in [0, 0.1) is 5.92 Å². The lowest BCUT2D eigenvalue weighted by Crippen LogP contribution is -2.53. The second kappa shape index (κ2) is 4.09. The Hall–Kier alpha value is -0.570. The largest absolute Gasteiger partial charge is 0.377 e. The molecule has 3 nitrogen and oxygen atoms in total. The number of hydrogen-bond acceptors (Lipinski definition) is 2. The predicted molar refractivity (Wildman–Crippen MR) is 51.4 cm³/mol. The molecular weight excluding hydrogens is 166 g/mol. The molecular formula is C10H19NO2. The van der Waals surface area contributed by atoms with E-state index in [1.165, 1.54) is 0 Å². The maximum atomic E-state index is 11.8. The van der Waals surface area contributed by atoms with Crippen molar-refractivity contribution < 1.29 is 9.53 Å². The smallest absolute Gasteiger partial charge is 0.225 e. The molecule has 0 aromatic heterocycles. The maximum absolute atomic E-state index is 11.8. The number of ether oxygens (including phenoxy) is 1. The summed E-state index contributed by atoms with van der Waals surface area (Å²) in [6.45, 7) is 9.30. The minimum absolute atomic E-state index is 0.0861. The first-order valence-corrected chi connectivity index (χ1v) is 4.94. The van der Waals surface area contributed by atoms with E-state index in [-0.39, 0.29) is 23.9 Å². The van der Waals surface area contributed by atoms with Crippen LogP contribution in [-0.4, -0.2) is 36.1 Å². The molecule has 1 fully saturated rings. The Kier molecular flexibility index (Phi) is 3.31. The first-order chi connectivity index (χ1) is 6.04. The molecule has 76 valence electrons. The quantitative estimate of drug-likeness (QED) is 0.616. The van der Waals surface area contributed by atoms with E-state index in [4.69, 9.17) is 4.74 Å². The van der Waals surface area contributed by atoms with Gasteiger partial charge in [0.15, 0.2) is 0 Å². The van der Waals surface area contributed by atoms with Gasteiger partial charge in [-0.15, -0.1) is 0 Å². The van der Waals surface area contributed by atoms with Crippen molar-refractivity contribution in [1.29, 1.82) is 0 Å². The van der Waals surface area contributed by atoms with Gasteiger partial charge in [-0.1, -0.05) is 13.8 Å². The lowest BCUT2D eigenvalue weighted by Gasteiger charge is -2.39. The second-order valence-electron chi connectivity index (χ2n) is 4.14. The highest BCUT2D eigenvalue weighted by molar-refractivity contribution is 5.78. The summed E-state index contributed by atoms with van der Waals surface area (Å²) in [4.78, 5) is 13.7. The van der Waals surface area contributed by atoms with Crippen LogP contribution in [0.1, 0.15) is 27.7 Å². The second-order valence-corrected chi connectivity index (χ2v) is 4.14. The molecule has 0 spiro atoms. The zero-order chi connectivity index (χ0) is 10.0. The molecule has 1 heterocycles. The molecule has 0 aromatic carbocycles. The van der Waals surface area contributed by atoms with Gasteiger partial charge in [0, 0.05) is 5.92 Å². The van der Waals surface area contributed by atoms with Crippen molar-refractivity contribution in [3.8, 4) is 0 Å². The Bertz CT molecular complexity index is 181. The molecule has 1 rings (SSSR count). The summed E-state index contributed by atoms with van der Waals surface area (Å²) in [5.41, 5.74) is 0. The third-order valence-corrected chi connectivity index (χ3v) is 2.42. The van der Waals surface area contributed by atoms with Crippen molar-refractivity contribution in [3.63, 3.8) is 0 Å². The van der Waals surface area contributed by atoms with Gasteiger partial charge in [-0.25, -0.2) is 0 Å². The van der Waals surface area contributed by atoms with Gasteiger partial charge in [0.25, 0.3) is 0 Å². The van der Waals surface area contributed by atoms with E-state index < -0.39 is 0 Å². The topological polar surface area (TPSA) is 29.5 Å². The number of hydrogen-bond donors (Lipinski definition) is 0. The molecule has 0 N–H and O–H groups in total. The molecule has 1 saturated heterocycles. The fourth-order valence-electron chi connectivity index (χ4n) is 1.74. The van der Waals surface area contributed by atoms with Crippen molar-refractivity contribution in [2.45, 2.75) is 39.8 Å². The fraction of sp³-hybridized carbons (Fsp3) is 0.900. The Balaban J connectivity index is 2.68. The van der Waals surface area contributed by atoms with Crippen LogP contribution in [0.25, 0.3) is 0 Å². The minimum Gasteiger partial charge on any atom is -0.377 e. The molecule has 1 amide bonds. The van der Waals surface area contributed by atoms with Gasteiger partial charge in [0.05, 0.1) is 25.3 Å². The van der Waals surface area contributed by atoms with Gasteiger partial charge in [-0.2, -0.15) is 0 Å².